The molecule has 0 spiro atoms. The average Bonchev–Trinajstić information content (AvgIpc) is 2.75. The number of nitrogens with two attached hydrogens (primary N) is 1. The first-order valence-electron chi connectivity index (χ1n) is 6.72. The van der Waals surface area contributed by atoms with Crippen molar-refractivity contribution in [2.45, 2.75) is 27.0 Å². The van der Waals surface area contributed by atoms with E-state index in [1.54, 1.807) is 0 Å². The molecule has 108 valence electrons. The van der Waals surface area contributed by atoms with Crippen LogP contribution in [0.3, 0.4) is 0 Å². The van der Waals surface area contributed by atoms with Crippen LogP contribution in [-0.4, -0.2) is 16.4 Å². The van der Waals surface area contributed by atoms with E-state index in [9.17, 15) is 0 Å². The lowest BCUT2D eigenvalue weighted by molar-refractivity contribution is 0.260. The third kappa shape index (κ3) is 3.11. The zero-order chi connectivity index (χ0) is 14.5. The predicted molar refractivity (Wildman–Crippen MR) is 77.8 cm³/mol. The van der Waals surface area contributed by atoms with Gasteiger partial charge in [-0.25, -0.2) is 0 Å². The molecule has 0 bridgehead atoms. The molecule has 1 aromatic heterocycles. The molecular formula is C15H21N3O2. The number of aromatic nitrogens is 2. The first kappa shape index (κ1) is 14.4. The van der Waals surface area contributed by atoms with Crippen molar-refractivity contribution < 1.29 is 9.47 Å². The van der Waals surface area contributed by atoms with Gasteiger partial charge in [-0.1, -0.05) is 12.1 Å². The van der Waals surface area contributed by atoms with Gasteiger partial charge in [0.25, 0.3) is 0 Å². The molecule has 2 aromatic rings. The lowest BCUT2D eigenvalue weighted by atomic mass is 10.2. The normalized spacial score (nSPS) is 10.6. The lowest BCUT2D eigenvalue weighted by Gasteiger charge is -2.15. The van der Waals surface area contributed by atoms with Crippen molar-refractivity contribution in [3.8, 4) is 11.5 Å². The van der Waals surface area contributed by atoms with Crippen LogP contribution in [0, 0.1) is 6.92 Å². The van der Waals surface area contributed by atoms with Gasteiger partial charge in [0.15, 0.2) is 11.5 Å². The van der Waals surface area contributed by atoms with Crippen molar-refractivity contribution >= 4 is 0 Å². The molecule has 20 heavy (non-hydrogen) atoms. The van der Waals surface area contributed by atoms with Gasteiger partial charge in [-0.2, -0.15) is 5.10 Å². The number of hydrogen-bond acceptors (Lipinski definition) is 4. The van der Waals surface area contributed by atoms with Crippen LogP contribution in [-0.2, 0) is 20.2 Å². The number of rotatable bonds is 6. The molecule has 5 heteroatoms. The highest BCUT2D eigenvalue weighted by atomic mass is 16.5. The molecule has 2 rings (SSSR count). The fraction of sp³-hybridized carbons (Fsp3) is 0.400. The molecule has 1 heterocycles. The van der Waals surface area contributed by atoms with Crippen molar-refractivity contribution in [3.05, 3.63) is 41.2 Å². The summed E-state index contributed by atoms with van der Waals surface area (Å²) in [5, 5.41) is 4.31. The third-order valence-electron chi connectivity index (χ3n) is 3.04. The van der Waals surface area contributed by atoms with Crippen molar-refractivity contribution in [2.24, 2.45) is 12.8 Å². The fourth-order valence-corrected chi connectivity index (χ4v) is 2.10. The number of nitrogens with zero attached hydrogens (tertiary/aromatic N) is 2. The Morgan fingerprint density at radius 1 is 1.30 bits per heavy atom. The SMILES string of the molecule is CCOc1cccc(CN)c1OCc1cc(C)nn1C. The molecule has 0 aliphatic carbocycles. The van der Waals surface area contributed by atoms with Crippen molar-refractivity contribution in [1.29, 1.82) is 0 Å². The number of benzene rings is 1. The van der Waals surface area contributed by atoms with E-state index in [4.69, 9.17) is 15.2 Å². The molecule has 0 saturated heterocycles. The largest absolute Gasteiger partial charge is 0.490 e. The monoisotopic (exact) mass is 275 g/mol. The summed E-state index contributed by atoms with van der Waals surface area (Å²) < 4.78 is 13.3. The summed E-state index contributed by atoms with van der Waals surface area (Å²) in [6.07, 6.45) is 0. The van der Waals surface area contributed by atoms with Crippen molar-refractivity contribution in [3.63, 3.8) is 0 Å². The Hall–Kier alpha value is -2.01. The number of hydrogen-bond donors (Lipinski definition) is 1. The maximum absolute atomic E-state index is 5.93. The second-order valence-corrected chi connectivity index (χ2v) is 4.57. The quantitative estimate of drug-likeness (QED) is 0.877. The Bertz CT molecular complexity index is 578. The average molecular weight is 275 g/mol. The topological polar surface area (TPSA) is 62.3 Å². The maximum atomic E-state index is 5.93. The van der Waals surface area contributed by atoms with Crippen LogP contribution in [0.1, 0.15) is 23.9 Å². The van der Waals surface area contributed by atoms with Crippen LogP contribution in [0.2, 0.25) is 0 Å². The van der Waals surface area contributed by atoms with Crippen molar-refractivity contribution in [2.75, 3.05) is 6.61 Å². The first-order chi connectivity index (χ1) is 9.65. The van der Waals surface area contributed by atoms with E-state index in [0.717, 1.165) is 28.5 Å². The number of para-hydroxylation sites is 1. The van der Waals surface area contributed by atoms with E-state index >= 15 is 0 Å². The van der Waals surface area contributed by atoms with E-state index in [1.165, 1.54) is 0 Å². The lowest BCUT2D eigenvalue weighted by Crippen LogP contribution is -2.07. The highest BCUT2D eigenvalue weighted by Crippen LogP contribution is 2.31. The molecule has 1 aromatic carbocycles. The Kier molecular flexibility index (Phi) is 4.63. The summed E-state index contributed by atoms with van der Waals surface area (Å²) in [5.41, 5.74) is 8.69. The zero-order valence-corrected chi connectivity index (χ0v) is 12.2. The zero-order valence-electron chi connectivity index (χ0n) is 12.2. The van der Waals surface area contributed by atoms with E-state index in [0.29, 0.717) is 19.8 Å². The van der Waals surface area contributed by atoms with Crippen molar-refractivity contribution in [1.82, 2.24) is 9.78 Å². The molecule has 0 aliphatic rings. The van der Waals surface area contributed by atoms with E-state index in [2.05, 4.69) is 5.10 Å². The Labute approximate surface area is 119 Å². The second kappa shape index (κ2) is 6.43. The minimum Gasteiger partial charge on any atom is -0.490 e. The van der Waals surface area contributed by atoms with Crippen LogP contribution in [0.5, 0.6) is 11.5 Å². The van der Waals surface area contributed by atoms with Crippen LogP contribution >= 0.6 is 0 Å². The van der Waals surface area contributed by atoms with Gasteiger partial charge in [0.2, 0.25) is 0 Å². The minimum atomic E-state index is 0.417. The summed E-state index contributed by atoms with van der Waals surface area (Å²) in [4.78, 5) is 0. The van der Waals surface area contributed by atoms with E-state index < -0.39 is 0 Å². The molecular weight excluding hydrogens is 254 g/mol. The molecule has 0 unspecified atom stereocenters. The summed E-state index contributed by atoms with van der Waals surface area (Å²) in [6, 6.07) is 7.78. The molecule has 0 atom stereocenters. The smallest absolute Gasteiger partial charge is 0.166 e. The van der Waals surface area contributed by atoms with Gasteiger partial charge in [-0.3, -0.25) is 4.68 Å². The van der Waals surface area contributed by atoms with Gasteiger partial charge in [0.05, 0.1) is 18.0 Å². The van der Waals surface area contributed by atoms with E-state index in [1.807, 2.05) is 49.8 Å². The Morgan fingerprint density at radius 2 is 2.10 bits per heavy atom. The van der Waals surface area contributed by atoms with Gasteiger partial charge >= 0.3 is 0 Å². The summed E-state index contributed by atoms with van der Waals surface area (Å²) in [6.45, 7) is 5.36. The molecule has 0 saturated carbocycles. The molecule has 0 amide bonds. The van der Waals surface area contributed by atoms with Crippen LogP contribution < -0.4 is 15.2 Å². The highest BCUT2D eigenvalue weighted by Gasteiger charge is 2.11. The van der Waals surface area contributed by atoms with Gasteiger partial charge in [0.1, 0.15) is 6.61 Å². The van der Waals surface area contributed by atoms with Gasteiger partial charge in [-0.05, 0) is 26.0 Å². The third-order valence-corrected chi connectivity index (χ3v) is 3.04. The first-order valence-corrected chi connectivity index (χ1v) is 6.72. The molecule has 0 radical (unpaired) electrons. The van der Waals surface area contributed by atoms with Crippen LogP contribution in [0.15, 0.2) is 24.3 Å². The number of ether oxygens (including phenoxy) is 2. The summed E-state index contributed by atoms with van der Waals surface area (Å²) in [7, 11) is 1.91. The van der Waals surface area contributed by atoms with E-state index in [-0.39, 0.29) is 0 Å². The van der Waals surface area contributed by atoms with Crippen LogP contribution in [0.4, 0.5) is 0 Å². The summed E-state index contributed by atoms with van der Waals surface area (Å²) >= 11 is 0. The minimum absolute atomic E-state index is 0.417. The fourth-order valence-electron chi connectivity index (χ4n) is 2.10. The molecule has 5 nitrogen and oxygen atoms in total. The molecule has 2 N–H and O–H groups in total. The Balaban J connectivity index is 2.21. The second-order valence-electron chi connectivity index (χ2n) is 4.57. The summed E-state index contributed by atoms with van der Waals surface area (Å²) in [5.74, 6) is 1.45. The molecule has 0 aliphatic heterocycles. The Morgan fingerprint density at radius 3 is 2.70 bits per heavy atom. The predicted octanol–water partition coefficient (Wildman–Crippen LogP) is 2.16. The van der Waals surface area contributed by atoms with Crippen LogP contribution in [0.25, 0.3) is 0 Å². The standard InChI is InChI=1S/C15H21N3O2/c1-4-19-14-7-5-6-12(9-16)15(14)20-10-13-8-11(2)17-18(13)3/h5-8H,4,9-10,16H2,1-3H3. The highest BCUT2D eigenvalue weighted by molar-refractivity contribution is 5.46. The number of aryl methyl sites for hydroxylation is 2. The van der Waals surface area contributed by atoms with Gasteiger partial charge in [0, 0.05) is 19.2 Å². The van der Waals surface area contributed by atoms with Gasteiger partial charge < -0.3 is 15.2 Å². The maximum Gasteiger partial charge on any atom is 0.166 e. The van der Waals surface area contributed by atoms with Gasteiger partial charge in [-0.15, -0.1) is 0 Å². The molecule has 0 fully saturated rings.